The van der Waals surface area contributed by atoms with Crippen LogP contribution in [0.15, 0.2) is 47.5 Å². The molecule has 2 aromatic carbocycles. The molecule has 9 heteroatoms. The number of phenolic OH excluding ortho intramolecular Hbond substituents is 1. The number of nitrogens with one attached hydrogen (secondary N) is 2. The molecule has 0 unspecified atom stereocenters. The van der Waals surface area contributed by atoms with Crippen LogP contribution in [0.2, 0.25) is 0 Å². The summed E-state index contributed by atoms with van der Waals surface area (Å²) < 4.78 is 6.42. The number of phenols is 1. The molecule has 0 bridgehead atoms. The maximum atomic E-state index is 12.6. The Labute approximate surface area is 166 Å². The summed E-state index contributed by atoms with van der Waals surface area (Å²) in [6, 6.07) is 8.31. The van der Waals surface area contributed by atoms with Gasteiger partial charge in [-0.2, -0.15) is 0 Å². The average molecular weight is 396 g/mol. The maximum Gasteiger partial charge on any atom is 0.323 e. The summed E-state index contributed by atoms with van der Waals surface area (Å²) in [6.07, 6.45) is 1.45. The van der Waals surface area contributed by atoms with Gasteiger partial charge in [0.1, 0.15) is 5.75 Å². The van der Waals surface area contributed by atoms with Crippen molar-refractivity contribution < 1.29 is 19.4 Å². The molecule has 0 fully saturated rings. The van der Waals surface area contributed by atoms with E-state index in [2.05, 4.69) is 15.6 Å². The lowest BCUT2D eigenvalue weighted by atomic mass is 10.1. The Morgan fingerprint density at radius 2 is 1.97 bits per heavy atom. The lowest BCUT2D eigenvalue weighted by Gasteiger charge is -2.11. The number of rotatable bonds is 6. The summed E-state index contributed by atoms with van der Waals surface area (Å²) in [5, 5.41) is 15.3. The number of Topliss-reactive ketones (excluding diaryl/α,β-unsaturated/α-hetero) is 1. The van der Waals surface area contributed by atoms with E-state index in [-0.39, 0.29) is 22.8 Å². The second-order valence-electron chi connectivity index (χ2n) is 6.34. The highest BCUT2D eigenvalue weighted by Gasteiger charge is 2.11. The standard InChI is InChI=1S/C20H20N4O5/c1-12(25)13-3-6-18(26)17(9-13)23-20(28)22-14-4-5-16-15(10-14)19(27)24(11-21-16)7-8-29-2/h3-6,9-11,26H,7-8H2,1-2H3,(H2,22,23,28). The average Bonchev–Trinajstić information content (AvgIpc) is 2.69. The predicted octanol–water partition coefficient (Wildman–Crippen LogP) is 2.60. The van der Waals surface area contributed by atoms with Crippen molar-refractivity contribution in [3.63, 3.8) is 0 Å². The van der Waals surface area contributed by atoms with Crippen molar-refractivity contribution in [2.75, 3.05) is 24.4 Å². The lowest BCUT2D eigenvalue weighted by Crippen LogP contribution is -2.23. The number of nitrogens with zero attached hydrogens (tertiary/aromatic N) is 2. The third-order valence-electron chi connectivity index (χ3n) is 4.27. The van der Waals surface area contributed by atoms with Crippen LogP contribution in [-0.4, -0.2) is 40.2 Å². The minimum atomic E-state index is -0.635. The second kappa shape index (κ2) is 8.53. The highest BCUT2D eigenvalue weighted by molar-refractivity contribution is 6.03. The quantitative estimate of drug-likeness (QED) is 0.435. The van der Waals surface area contributed by atoms with Gasteiger partial charge in [0.25, 0.3) is 5.56 Å². The molecule has 1 aromatic heterocycles. The van der Waals surface area contributed by atoms with Gasteiger partial charge in [-0.05, 0) is 43.3 Å². The van der Waals surface area contributed by atoms with Gasteiger partial charge >= 0.3 is 6.03 Å². The number of anilines is 2. The van der Waals surface area contributed by atoms with E-state index in [4.69, 9.17) is 4.74 Å². The van der Waals surface area contributed by atoms with E-state index >= 15 is 0 Å². The molecule has 0 aliphatic carbocycles. The summed E-state index contributed by atoms with van der Waals surface area (Å²) in [5.41, 5.74) is 1.08. The molecular formula is C20H20N4O5. The number of benzene rings is 2. The van der Waals surface area contributed by atoms with Crippen LogP contribution in [0.1, 0.15) is 17.3 Å². The largest absolute Gasteiger partial charge is 0.506 e. The molecule has 2 amide bonds. The number of ketones is 1. The topological polar surface area (TPSA) is 123 Å². The van der Waals surface area contributed by atoms with Crippen LogP contribution in [0.5, 0.6) is 5.75 Å². The number of urea groups is 1. The molecule has 3 N–H and O–H groups in total. The summed E-state index contributed by atoms with van der Waals surface area (Å²) in [7, 11) is 1.55. The van der Waals surface area contributed by atoms with Crippen LogP contribution in [0.3, 0.4) is 0 Å². The molecule has 0 atom stereocenters. The van der Waals surface area contributed by atoms with Crippen LogP contribution in [0.25, 0.3) is 10.9 Å². The highest BCUT2D eigenvalue weighted by Crippen LogP contribution is 2.25. The molecule has 3 rings (SSSR count). The van der Waals surface area contributed by atoms with Crippen LogP contribution in [0, 0.1) is 0 Å². The Kier molecular flexibility index (Phi) is 5.89. The van der Waals surface area contributed by atoms with Crippen molar-refractivity contribution >= 4 is 34.1 Å². The minimum absolute atomic E-state index is 0.0968. The smallest absolute Gasteiger partial charge is 0.323 e. The molecule has 0 aliphatic heterocycles. The van der Waals surface area contributed by atoms with E-state index in [1.165, 1.54) is 42.1 Å². The fraction of sp³-hybridized carbons (Fsp3) is 0.200. The number of amides is 2. The molecule has 0 aliphatic rings. The van der Waals surface area contributed by atoms with Gasteiger partial charge in [-0.15, -0.1) is 0 Å². The SMILES string of the molecule is COCCn1cnc2ccc(NC(=O)Nc3cc(C(C)=O)ccc3O)cc2c1=O. The maximum absolute atomic E-state index is 12.6. The van der Waals surface area contributed by atoms with Crippen LogP contribution in [0.4, 0.5) is 16.2 Å². The lowest BCUT2D eigenvalue weighted by molar-refractivity contribution is 0.101. The Morgan fingerprint density at radius 3 is 2.69 bits per heavy atom. The van der Waals surface area contributed by atoms with Crippen LogP contribution < -0.4 is 16.2 Å². The van der Waals surface area contributed by atoms with Gasteiger partial charge in [0.05, 0.1) is 36.1 Å². The monoisotopic (exact) mass is 396 g/mol. The van der Waals surface area contributed by atoms with Crippen LogP contribution in [-0.2, 0) is 11.3 Å². The van der Waals surface area contributed by atoms with Gasteiger partial charge in [-0.25, -0.2) is 9.78 Å². The molecule has 9 nitrogen and oxygen atoms in total. The third-order valence-corrected chi connectivity index (χ3v) is 4.27. The first kappa shape index (κ1) is 20.0. The minimum Gasteiger partial charge on any atom is -0.506 e. The number of carbonyl (C=O) groups excluding carboxylic acids is 2. The van der Waals surface area contributed by atoms with Gasteiger partial charge in [-0.1, -0.05) is 0 Å². The molecule has 0 saturated heterocycles. The molecule has 0 radical (unpaired) electrons. The number of carbonyl (C=O) groups is 2. The van der Waals surface area contributed by atoms with E-state index in [1.807, 2.05) is 0 Å². The first-order valence-corrected chi connectivity index (χ1v) is 8.79. The zero-order chi connectivity index (χ0) is 21.0. The third kappa shape index (κ3) is 4.58. The zero-order valence-electron chi connectivity index (χ0n) is 15.9. The Hall–Kier alpha value is -3.72. The van der Waals surface area contributed by atoms with E-state index in [0.29, 0.717) is 35.3 Å². The second-order valence-corrected chi connectivity index (χ2v) is 6.34. The number of aromatic hydroxyl groups is 1. The molecule has 0 saturated carbocycles. The van der Waals surface area contributed by atoms with Crippen molar-refractivity contribution in [3.8, 4) is 5.75 Å². The fourth-order valence-corrected chi connectivity index (χ4v) is 2.73. The number of hydrogen-bond acceptors (Lipinski definition) is 6. The molecule has 1 heterocycles. The number of methoxy groups -OCH3 is 1. The first-order valence-electron chi connectivity index (χ1n) is 8.79. The molecule has 29 heavy (non-hydrogen) atoms. The predicted molar refractivity (Wildman–Crippen MR) is 109 cm³/mol. The summed E-state index contributed by atoms with van der Waals surface area (Å²) in [5.74, 6) is -0.367. The zero-order valence-corrected chi connectivity index (χ0v) is 15.9. The summed E-state index contributed by atoms with van der Waals surface area (Å²) >= 11 is 0. The molecule has 150 valence electrons. The summed E-state index contributed by atoms with van der Waals surface area (Å²) in [4.78, 5) is 40.6. The van der Waals surface area contributed by atoms with Crippen molar-refractivity contribution in [2.24, 2.45) is 0 Å². The van der Waals surface area contributed by atoms with Crippen molar-refractivity contribution in [2.45, 2.75) is 13.5 Å². The van der Waals surface area contributed by atoms with Crippen molar-refractivity contribution in [1.82, 2.24) is 9.55 Å². The normalized spacial score (nSPS) is 10.7. The fourth-order valence-electron chi connectivity index (χ4n) is 2.73. The Balaban J connectivity index is 1.82. The van der Waals surface area contributed by atoms with E-state index < -0.39 is 6.03 Å². The first-order chi connectivity index (χ1) is 13.9. The van der Waals surface area contributed by atoms with Gasteiger partial charge in [0.2, 0.25) is 0 Å². The van der Waals surface area contributed by atoms with Gasteiger partial charge < -0.3 is 20.5 Å². The Morgan fingerprint density at radius 1 is 1.17 bits per heavy atom. The highest BCUT2D eigenvalue weighted by atomic mass is 16.5. The molecular weight excluding hydrogens is 376 g/mol. The molecule has 3 aromatic rings. The van der Waals surface area contributed by atoms with Crippen molar-refractivity contribution in [1.29, 1.82) is 0 Å². The summed E-state index contributed by atoms with van der Waals surface area (Å²) in [6.45, 7) is 2.12. The van der Waals surface area contributed by atoms with E-state index in [9.17, 15) is 19.5 Å². The van der Waals surface area contributed by atoms with Crippen molar-refractivity contribution in [3.05, 3.63) is 58.6 Å². The molecule has 0 spiro atoms. The van der Waals surface area contributed by atoms with E-state index in [0.717, 1.165) is 0 Å². The van der Waals surface area contributed by atoms with E-state index in [1.54, 1.807) is 19.2 Å². The number of fused-ring (bicyclic) bond motifs is 1. The van der Waals surface area contributed by atoms with Gasteiger partial charge in [-0.3, -0.25) is 14.2 Å². The number of hydrogen-bond donors (Lipinski definition) is 3. The number of aromatic nitrogens is 2. The number of ether oxygens (including phenoxy) is 1. The van der Waals surface area contributed by atoms with Gasteiger partial charge in [0.15, 0.2) is 5.78 Å². The Bertz CT molecular complexity index is 1140. The van der Waals surface area contributed by atoms with Crippen LogP contribution >= 0.6 is 0 Å². The van der Waals surface area contributed by atoms with Gasteiger partial charge in [0, 0.05) is 18.4 Å².